The molecule has 0 saturated heterocycles. The zero-order chi connectivity index (χ0) is 17.6. The fraction of sp³-hybridized carbons (Fsp3) is 0.200. The molecule has 5 nitrogen and oxygen atoms in total. The molecule has 128 valence electrons. The van der Waals surface area contributed by atoms with Gasteiger partial charge in [-0.25, -0.2) is 0 Å². The van der Waals surface area contributed by atoms with Crippen molar-refractivity contribution in [3.8, 4) is 5.75 Å². The largest absolute Gasteiger partial charge is 0.493 e. The fourth-order valence-corrected chi connectivity index (χ4v) is 2.56. The number of esters is 1. The van der Waals surface area contributed by atoms with E-state index in [1.54, 1.807) is 6.20 Å². The van der Waals surface area contributed by atoms with Crippen LogP contribution in [0.3, 0.4) is 0 Å². The molecule has 0 bridgehead atoms. The molecular weight excluding hydrogens is 318 g/mol. The molecule has 0 radical (unpaired) electrons. The van der Waals surface area contributed by atoms with Gasteiger partial charge in [-0.15, -0.1) is 0 Å². The van der Waals surface area contributed by atoms with Crippen LogP contribution in [0.25, 0.3) is 10.9 Å². The van der Waals surface area contributed by atoms with E-state index in [0.29, 0.717) is 5.56 Å². The highest BCUT2D eigenvalue weighted by molar-refractivity contribution is 6.08. The van der Waals surface area contributed by atoms with Gasteiger partial charge in [-0.05, 0) is 24.6 Å². The Morgan fingerprint density at radius 2 is 1.80 bits per heavy atom. The summed E-state index contributed by atoms with van der Waals surface area (Å²) in [6.45, 7) is 1.88. The molecule has 0 aliphatic rings. The van der Waals surface area contributed by atoms with Crippen molar-refractivity contribution in [2.45, 2.75) is 13.3 Å². The Labute approximate surface area is 145 Å². The highest BCUT2D eigenvalue weighted by atomic mass is 16.5. The van der Waals surface area contributed by atoms with Crippen molar-refractivity contribution in [1.29, 1.82) is 0 Å². The van der Waals surface area contributed by atoms with Crippen molar-refractivity contribution in [2.24, 2.45) is 0 Å². The SMILES string of the molecule is Cc1ccccc1OCCC(=O)OCC(=O)c1c[nH]c2ccccc12. The smallest absolute Gasteiger partial charge is 0.309 e. The number of aryl methyl sites for hydroxylation is 1. The summed E-state index contributed by atoms with van der Waals surface area (Å²) >= 11 is 0. The lowest BCUT2D eigenvalue weighted by Crippen LogP contribution is -2.16. The molecule has 0 unspecified atom stereocenters. The Hall–Kier alpha value is -3.08. The van der Waals surface area contributed by atoms with E-state index in [4.69, 9.17) is 9.47 Å². The molecule has 0 amide bonds. The summed E-state index contributed by atoms with van der Waals surface area (Å²) in [6, 6.07) is 15.1. The highest BCUT2D eigenvalue weighted by Crippen LogP contribution is 2.18. The molecule has 1 aromatic heterocycles. The summed E-state index contributed by atoms with van der Waals surface area (Å²) in [4.78, 5) is 27.1. The van der Waals surface area contributed by atoms with Crippen LogP contribution in [0.2, 0.25) is 0 Å². The number of nitrogens with one attached hydrogen (secondary N) is 1. The van der Waals surface area contributed by atoms with Gasteiger partial charge >= 0.3 is 5.97 Å². The van der Waals surface area contributed by atoms with Crippen LogP contribution in [0.1, 0.15) is 22.3 Å². The van der Waals surface area contributed by atoms with E-state index < -0.39 is 5.97 Å². The van der Waals surface area contributed by atoms with Crippen molar-refractivity contribution >= 4 is 22.7 Å². The van der Waals surface area contributed by atoms with Crippen molar-refractivity contribution in [1.82, 2.24) is 4.98 Å². The number of benzene rings is 2. The lowest BCUT2D eigenvalue weighted by Gasteiger charge is -2.08. The van der Waals surface area contributed by atoms with E-state index >= 15 is 0 Å². The minimum absolute atomic E-state index is 0.0928. The molecule has 1 heterocycles. The number of rotatable bonds is 7. The number of aromatic nitrogens is 1. The fourth-order valence-electron chi connectivity index (χ4n) is 2.56. The minimum Gasteiger partial charge on any atom is -0.493 e. The average Bonchev–Trinajstić information content (AvgIpc) is 3.05. The maximum absolute atomic E-state index is 12.2. The molecule has 0 atom stereocenters. The second-order valence-corrected chi connectivity index (χ2v) is 5.70. The number of carbonyl (C=O) groups excluding carboxylic acids is 2. The maximum Gasteiger partial charge on any atom is 0.309 e. The van der Waals surface area contributed by atoms with Gasteiger partial charge in [-0.1, -0.05) is 36.4 Å². The van der Waals surface area contributed by atoms with Crippen molar-refractivity contribution in [3.05, 3.63) is 65.9 Å². The number of hydrogen-bond acceptors (Lipinski definition) is 4. The first-order valence-corrected chi connectivity index (χ1v) is 8.08. The molecule has 1 N–H and O–H groups in total. The van der Waals surface area contributed by atoms with E-state index in [2.05, 4.69) is 4.98 Å². The summed E-state index contributed by atoms with van der Waals surface area (Å²) in [5.41, 5.74) is 2.41. The van der Waals surface area contributed by atoms with Crippen LogP contribution < -0.4 is 4.74 Å². The summed E-state index contributed by atoms with van der Waals surface area (Å²) in [5.74, 6) is 0.0533. The lowest BCUT2D eigenvalue weighted by atomic mass is 10.1. The standard InChI is InChI=1S/C20H19NO4/c1-14-6-2-5-9-19(14)24-11-10-20(23)25-13-18(22)16-12-21-17-8-4-3-7-15(16)17/h2-9,12,21H,10-11,13H2,1H3. The van der Waals surface area contributed by atoms with E-state index in [1.807, 2.05) is 55.5 Å². The predicted molar refractivity (Wildman–Crippen MR) is 94.9 cm³/mol. The Kier molecular flexibility index (Phi) is 5.14. The van der Waals surface area contributed by atoms with Gasteiger partial charge in [0.2, 0.25) is 5.78 Å². The van der Waals surface area contributed by atoms with E-state index in [-0.39, 0.29) is 25.4 Å². The number of Topliss-reactive ketones (excluding diaryl/α,β-unsaturated/α-hetero) is 1. The molecule has 3 rings (SSSR count). The number of aromatic amines is 1. The van der Waals surface area contributed by atoms with E-state index in [1.165, 1.54) is 0 Å². The number of hydrogen-bond donors (Lipinski definition) is 1. The van der Waals surface area contributed by atoms with Crippen LogP contribution in [0.5, 0.6) is 5.75 Å². The topological polar surface area (TPSA) is 68.4 Å². The van der Waals surface area contributed by atoms with Crippen LogP contribution in [0, 0.1) is 6.92 Å². The number of fused-ring (bicyclic) bond motifs is 1. The Morgan fingerprint density at radius 1 is 1.04 bits per heavy atom. The second kappa shape index (κ2) is 7.66. The third-order valence-electron chi connectivity index (χ3n) is 3.91. The maximum atomic E-state index is 12.2. The first kappa shape index (κ1) is 16.8. The zero-order valence-corrected chi connectivity index (χ0v) is 14.0. The van der Waals surface area contributed by atoms with Gasteiger partial charge in [-0.2, -0.15) is 0 Å². The molecule has 5 heteroatoms. The quantitative estimate of drug-likeness (QED) is 0.527. The van der Waals surface area contributed by atoms with Crippen molar-refractivity contribution < 1.29 is 19.1 Å². The monoisotopic (exact) mass is 337 g/mol. The van der Waals surface area contributed by atoms with Crippen LogP contribution in [0.4, 0.5) is 0 Å². The van der Waals surface area contributed by atoms with E-state index in [0.717, 1.165) is 22.2 Å². The van der Waals surface area contributed by atoms with Crippen LogP contribution in [-0.2, 0) is 9.53 Å². The zero-order valence-electron chi connectivity index (χ0n) is 14.0. The van der Waals surface area contributed by atoms with Gasteiger partial charge in [0.15, 0.2) is 6.61 Å². The molecule has 0 aliphatic heterocycles. The van der Waals surface area contributed by atoms with Crippen molar-refractivity contribution in [3.63, 3.8) is 0 Å². The van der Waals surface area contributed by atoms with Gasteiger partial charge in [0.1, 0.15) is 5.75 Å². The van der Waals surface area contributed by atoms with Crippen LogP contribution in [-0.4, -0.2) is 30.0 Å². The molecule has 2 aromatic carbocycles. The van der Waals surface area contributed by atoms with Gasteiger partial charge in [-0.3, -0.25) is 9.59 Å². The second-order valence-electron chi connectivity index (χ2n) is 5.70. The number of H-pyrrole nitrogens is 1. The van der Waals surface area contributed by atoms with Crippen molar-refractivity contribution in [2.75, 3.05) is 13.2 Å². The van der Waals surface area contributed by atoms with Gasteiger partial charge < -0.3 is 14.5 Å². The summed E-state index contributed by atoms with van der Waals surface area (Å²) in [5, 5.41) is 0.825. The number of ether oxygens (including phenoxy) is 2. The molecule has 0 saturated carbocycles. The summed E-state index contributed by atoms with van der Waals surface area (Å²) in [7, 11) is 0. The minimum atomic E-state index is -0.457. The molecule has 25 heavy (non-hydrogen) atoms. The molecule has 0 aliphatic carbocycles. The predicted octanol–water partition coefficient (Wildman–Crippen LogP) is 3.67. The highest BCUT2D eigenvalue weighted by Gasteiger charge is 2.14. The molecular formula is C20H19NO4. The third-order valence-corrected chi connectivity index (χ3v) is 3.91. The molecule has 3 aromatic rings. The van der Waals surface area contributed by atoms with Crippen LogP contribution in [0.15, 0.2) is 54.7 Å². The number of para-hydroxylation sites is 2. The van der Waals surface area contributed by atoms with Gasteiger partial charge in [0.25, 0.3) is 0 Å². The normalized spacial score (nSPS) is 10.6. The number of carbonyl (C=O) groups is 2. The summed E-state index contributed by atoms with van der Waals surface area (Å²) in [6.07, 6.45) is 1.73. The van der Waals surface area contributed by atoms with Gasteiger partial charge in [0, 0.05) is 22.7 Å². The Bertz CT molecular complexity index is 897. The molecule has 0 spiro atoms. The first-order valence-electron chi connectivity index (χ1n) is 8.08. The van der Waals surface area contributed by atoms with Crippen LogP contribution >= 0.6 is 0 Å². The Morgan fingerprint density at radius 3 is 2.64 bits per heavy atom. The van der Waals surface area contributed by atoms with E-state index in [9.17, 15) is 9.59 Å². The first-order chi connectivity index (χ1) is 12.1. The van der Waals surface area contributed by atoms with Gasteiger partial charge in [0.05, 0.1) is 13.0 Å². The third kappa shape index (κ3) is 4.07. The summed E-state index contributed by atoms with van der Waals surface area (Å²) < 4.78 is 10.6. The lowest BCUT2D eigenvalue weighted by molar-refractivity contribution is -0.143. The number of ketones is 1. The molecule has 0 fully saturated rings. The Balaban J connectivity index is 1.47. The average molecular weight is 337 g/mol.